The molecule has 5 heteroatoms. The van der Waals surface area contributed by atoms with E-state index in [-0.39, 0.29) is 0 Å². The third-order valence-corrected chi connectivity index (χ3v) is 2.62. The van der Waals surface area contributed by atoms with E-state index in [1.807, 2.05) is 0 Å². The van der Waals surface area contributed by atoms with Gasteiger partial charge in [0.05, 0.1) is 5.92 Å². The molecule has 2 amide bonds. The fraction of sp³-hybridized carbons (Fsp3) is 0.333. The number of amides is 2. The van der Waals surface area contributed by atoms with Gasteiger partial charge in [0.1, 0.15) is 0 Å². The lowest BCUT2D eigenvalue weighted by atomic mass is 10.0. The van der Waals surface area contributed by atoms with Crippen molar-refractivity contribution in [3.63, 3.8) is 0 Å². The number of hydrogen-bond donors (Lipinski definition) is 2. The minimum atomic E-state index is -0.816. The zero-order valence-corrected chi connectivity index (χ0v) is 9.88. The molecule has 0 fully saturated rings. The Morgan fingerprint density at radius 1 is 1.35 bits per heavy atom. The van der Waals surface area contributed by atoms with Crippen LogP contribution in [0.5, 0.6) is 0 Å². The number of benzene rings is 1. The molecule has 3 N–H and O–H groups in total. The van der Waals surface area contributed by atoms with Crippen molar-refractivity contribution in [2.24, 2.45) is 11.7 Å². The quantitative estimate of drug-likeness (QED) is 0.830. The summed E-state index contributed by atoms with van der Waals surface area (Å²) < 4.78 is 0. The Kier molecular flexibility index (Phi) is 4.09. The molecule has 0 radical (unpaired) electrons. The van der Waals surface area contributed by atoms with E-state index in [4.69, 9.17) is 10.8 Å². The highest BCUT2D eigenvalue weighted by Crippen LogP contribution is 2.16. The summed E-state index contributed by atoms with van der Waals surface area (Å²) in [6.45, 7) is 1.66. The van der Waals surface area contributed by atoms with E-state index in [1.165, 1.54) is 4.90 Å². The number of nitrogens with zero attached hydrogens (tertiary/aromatic N) is 1. The van der Waals surface area contributed by atoms with Crippen LogP contribution in [0, 0.1) is 5.92 Å². The first kappa shape index (κ1) is 13.0. The average molecular weight is 236 g/mol. The third-order valence-electron chi connectivity index (χ3n) is 2.62. The number of aliphatic carboxylic acids is 1. The predicted molar refractivity (Wildman–Crippen MR) is 64.9 cm³/mol. The summed E-state index contributed by atoms with van der Waals surface area (Å²) in [5.74, 6) is -1.24. The van der Waals surface area contributed by atoms with Gasteiger partial charge in [-0.25, -0.2) is 4.79 Å². The lowest BCUT2D eigenvalue weighted by Gasteiger charge is -2.15. The Balaban J connectivity index is 2.75. The smallest absolute Gasteiger partial charge is 0.318 e. The van der Waals surface area contributed by atoms with E-state index in [0.717, 1.165) is 5.56 Å². The number of carboxylic acid groups (broad SMARTS) is 1. The predicted octanol–water partition coefficient (Wildman–Crippen LogP) is 1.46. The summed E-state index contributed by atoms with van der Waals surface area (Å²) in [6, 6.07) is 6.56. The maximum atomic E-state index is 10.9. The molecule has 1 rings (SSSR count). The zero-order chi connectivity index (χ0) is 13.0. The Labute approximate surface area is 99.8 Å². The molecule has 17 heavy (non-hydrogen) atoms. The summed E-state index contributed by atoms with van der Waals surface area (Å²) in [7, 11) is 1.58. The second-order valence-corrected chi connectivity index (χ2v) is 4.01. The topological polar surface area (TPSA) is 83.6 Å². The van der Waals surface area contributed by atoms with Crippen molar-refractivity contribution in [3.8, 4) is 0 Å². The number of carbonyl (C=O) groups is 2. The highest BCUT2D eigenvalue weighted by atomic mass is 16.4. The van der Waals surface area contributed by atoms with E-state index in [1.54, 1.807) is 38.2 Å². The molecule has 0 aromatic heterocycles. The molecule has 0 spiro atoms. The molecule has 0 saturated heterocycles. The maximum Gasteiger partial charge on any atom is 0.318 e. The number of anilines is 1. The van der Waals surface area contributed by atoms with Gasteiger partial charge in [0, 0.05) is 12.7 Å². The first-order valence-corrected chi connectivity index (χ1v) is 5.26. The zero-order valence-electron chi connectivity index (χ0n) is 9.88. The molecule has 1 aromatic rings. The first-order chi connectivity index (χ1) is 7.91. The lowest BCUT2D eigenvalue weighted by molar-refractivity contribution is -0.141. The number of carboxylic acids is 1. The molecule has 1 atom stereocenters. The molecule has 0 saturated carbocycles. The third kappa shape index (κ3) is 3.48. The lowest BCUT2D eigenvalue weighted by Crippen LogP contribution is -2.31. The molecule has 5 nitrogen and oxygen atoms in total. The number of hydrogen-bond acceptors (Lipinski definition) is 2. The number of urea groups is 1. The van der Waals surface area contributed by atoms with Gasteiger partial charge in [-0.1, -0.05) is 19.1 Å². The number of carbonyl (C=O) groups excluding carboxylic acids is 1. The Morgan fingerprint density at radius 2 is 1.88 bits per heavy atom. The van der Waals surface area contributed by atoms with Crippen molar-refractivity contribution >= 4 is 17.7 Å². The van der Waals surface area contributed by atoms with E-state index in [9.17, 15) is 9.59 Å². The summed E-state index contributed by atoms with van der Waals surface area (Å²) in [5, 5.41) is 8.79. The molecule has 1 aromatic carbocycles. The van der Waals surface area contributed by atoms with Crippen molar-refractivity contribution in [1.82, 2.24) is 0 Å². The normalized spacial score (nSPS) is 11.9. The van der Waals surface area contributed by atoms with Crippen molar-refractivity contribution in [2.45, 2.75) is 13.3 Å². The highest BCUT2D eigenvalue weighted by molar-refractivity contribution is 5.89. The van der Waals surface area contributed by atoms with E-state index >= 15 is 0 Å². The molecular formula is C12H16N2O3. The van der Waals surface area contributed by atoms with E-state index in [0.29, 0.717) is 12.1 Å². The van der Waals surface area contributed by atoms with Crippen LogP contribution in [0.25, 0.3) is 0 Å². The number of nitrogens with two attached hydrogens (primary N) is 1. The Bertz CT molecular complexity index is 414. The van der Waals surface area contributed by atoms with Gasteiger partial charge in [-0.3, -0.25) is 9.69 Å². The van der Waals surface area contributed by atoms with Crippen LogP contribution in [-0.2, 0) is 11.2 Å². The van der Waals surface area contributed by atoms with Gasteiger partial charge in [0.2, 0.25) is 0 Å². The summed E-state index contributed by atoms with van der Waals surface area (Å²) in [4.78, 5) is 22.9. The first-order valence-electron chi connectivity index (χ1n) is 5.26. The Morgan fingerprint density at radius 3 is 2.29 bits per heavy atom. The van der Waals surface area contributed by atoms with Gasteiger partial charge in [-0.2, -0.15) is 0 Å². The highest BCUT2D eigenvalue weighted by Gasteiger charge is 2.12. The Hall–Kier alpha value is -2.04. The standard InChI is InChI=1S/C12H16N2O3/c1-8(11(15)16)7-9-3-5-10(6-4-9)14(2)12(13)17/h3-6,8H,7H2,1-2H3,(H2,13,17)(H,15,16). The van der Waals surface area contributed by atoms with Crippen LogP contribution in [0.2, 0.25) is 0 Å². The molecule has 0 aliphatic rings. The van der Waals surface area contributed by atoms with Crippen molar-refractivity contribution in [1.29, 1.82) is 0 Å². The molecule has 0 aliphatic carbocycles. The van der Waals surface area contributed by atoms with E-state index < -0.39 is 17.9 Å². The average Bonchev–Trinajstić information content (AvgIpc) is 2.28. The van der Waals surface area contributed by atoms with Crippen LogP contribution in [0.4, 0.5) is 10.5 Å². The molecule has 1 unspecified atom stereocenters. The SMILES string of the molecule is CC(Cc1ccc(N(C)C(N)=O)cc1)C(=O)O. The molecule has 0 bridgehead atoms. The monoisotopic (exact) mass is 236 g/mol. The van der Waals surface area contributed by atoms with E-state index in [2.05, 4.69) is 0 Å². The number of primary amides is 1. The van der Waals surface area contributed by atoms with Gasteiger partial charge in [0.15, 0.2) is 0 Å². The summed E-state index contributed by atoms with van der Waals surface area (Å²) >= 11 is 0. The molecule has 92 valence electrons. The van der Waals surface area contributed by atoms with Gasteiger partial charge in [0.25, 0.3) is 0 Å². The van der Waals surface area contributed by atoms with Gasteiger partial charge < -0.3 is 10.8 Å². The van der Waals surface area contributed by atoms with Crippen LogP contribution >= 0.6 is 0 Å². The van der Waals surface area contributed by atoms with Gasteiger partial charge in [-0.05, 0) is 24.1 Å². The second-order valence-electron chi connectivity index (χ2n) is 4.01. The molecule has 0 heterocycles. The van der Waals surface area contributed by atoms with Crippen LogP contribution in [0.3, 0.4) is 0 Å². The maximum absolute atomic E-state index is 10.9. The van der Waals surface area contributed by atoms with Crippen molar-refractivity contribution < 1.29 is 14.7 Å². The van der Waals surface area contributed by atoms with Crippen molar-refractivity contribution in [2.75, 3.05) is 11.9 Å². The molecule has 0 aliphatic heterocycles. The summed E-state index contributed by atoms with van der Waals surface area (Å²) in [5.41, 5.74) is 6.74. The van der Waals surface area contributed by atoms with Crippen LogP contribution in [0.15, 0.2) is 24.3 Å². The number of rotatable bonds is 4. The molecular weight excluding hydrogens is 220 g/mol. The van der Waals surface area contributed by atoms with Crippen LogP contribution < -0.4 is 10.6 Å². The largest absolute Gasteiger partial charge is 0.481 e. The minimum absolute atomic E-state index is 0.422. The van der Waals surface area contributed by atoms with Crippen molar-refractivity contribution in [3.05, 3.63) is 29.8 Å². The van der Waals surface area contributed by atoms with Crippen LogP contribution in [0.1, 0.15) is 12.5 Å². The fourth-order valence-corrected chi connectivity index (χ4v) is 1.42. The van der Waals surface area contributed by atoms with Gasteiger partial charge in [-0.15, -0.1) is 0 Å². The fourth-order valence-electron chi connectivity index (χ4n) is 1.42. The minimum Gasteiger partial charge on any atom is -0.481 e. The second kappa shape index (κ2) is 5.34. The van der Waals surface area contributed by atoms with Crippen LogP contribution in [-0.4, -0.2) is 24.2 Å². The van der Waals surface area contributed by atoms with Gasteiger partial charge >= 0.3 is 12.0 Å². The summed E-state index contributed by atoms with van der Waals surface area (Å²) in [6.07, 6.45) is 0.468.